The van der Waals surface area contributed by atoms with E-state index >= 15 is 0 Å². The average Bonchev–Trinajstić information content (AvgIpc) is 3.57. The summed E-state index contributed by atoms with van der Waals surface area (Å²) >= 11 is 0. The number of rotatable bonds is 5. The van der Waals surface area contributed by atoms with Crippen molar-refractivity contribution in [2.45, 2.75) is 86.9 Å². The summed E-state index contributed by atoms with van der Waals surface area (Å²) in [6, 6.07) is 9.02. The number of carbonyl (C=O) groups excluding carboxylic acids is 2. The third-order valence-electron chi connectivity index (χ3n) is 10.4. The molecule has 0 unspecified atom stereocenters. The minimum absolute atomic E-state index is 0.102. The Balaban J connectivity index is 1.56. The van der Waals surface area contributed by atoms with Gasteiger partial charge in [-0.2, -0.15) is 0 Å². The van der Waals surface area contributed by atoms with Gasteiger partial charge in [0.25, 0.3) is 0 Å². The van der Waals surface area contributed by atoms with Crippen molar-refractivity contribution >= 4 is 11.8 Å². The van der Waals surface area contributed by atoms with E-state index in [4.69, 9.17) is 23.7 Å². The zero-order valence-corrected chi connectivity index (χ0v) is 22.8. The molecule has 2 saturated carbocycles. The van der Waals surface area contributed by atoms with Crippen LogP contribution in [-0.2, 0) is 39.2 Å². The first-order valence-corrected chi connectivity index (χ1v) is 13.8. The number of esters is 1. The predicted molar refractivity (Wildman–Crippen MR) is 136 cm³/mol. The van der Waals surface area contributed by atoms with Gasteiger partial charge in [-0.15, -0.1) is 0 Å². The Morgan fingerprint density at radius 2 is 1.85 bits per heavy atom. The van der Waals surface area contributed by atoms with Crippen molar-refractivity contribution in [3.05, 3.63) is 59.7 Å². The summed E-state index contributed by atoms with van der Waals surface area (Å²) in [4.78, 5) is 26.6. The maximum absolute atomic E-state index is 13.7. The lowest BCUT2D eigenvalue weighted by molar-refractivity contribution is -0.440. The molecular weight excluding hydrogens is 520 g/mol. The van der Waals surface area contributed by atoms with Gasteiger partial charge in [0, 0.05) is 29.7 Å². The fourth-order valence-corrected chi connectivity index (χ4v) is 8.53. The van der Waals surface area contributed by atoms with Gasteiger partial charge in [0.1, 0.15) is 30.0 Å². The largest absolute Gasteiger partial charge is 0.458 e. The Morgan fingerprint density at radius 1 is 1.15 bits per heavy atom. The lowest BCUT2D eigenvalue weighted by atomic mass is 9.53. The molecule has 0 amide bonds. The van der Waals surface area contributed by atoms with Crippen LogP contribution < -0.4 is 0 Å². The van der Waals surface area contributed by atoms with Crippen LogP contribution in [0.1, 0.15) is 39.7 Å². The van der Waals surface area contributed by atoms with Crippen LogP contribution in [-0.4, -0.2) is 80.5 Å². The van der Waals surface area contributed by atoms with Crippen LogP contribution in [0.2, 0.25) is 0 Å². The molecule has 214 valence electrons. The lowest BCUT2D eigenvalue weighted by Gasteiger charge is -2.61. The quantitative estimate of drug-likeness (QED) is 0.276. The van der Waals surface area contributed by atoms with Gasteiger partial charge in [0.15, 0.2) is 17.0 Å². The summed E-state index contributed by atoms with van der Waals surface area (Å²) in [6.07, 6.45) is -2.79. The molecule has 5 fully saturated rings. The summed E-state index contributed by atoms with van der Waals surface area (Å²) in [5.74, 6) is -5.55. The van der Waals surface area contributed by atoms with E-state index in [1.54, 1.807) is 39.0 Å². The molecule has 1 aromatic rings. The number of ketones is 1. The van der Waals surface area contributed by atoms with Crippen LogP contribution in [0.3, 0.4) is 0 Å². The average molecular weight is 555 g/mol. The maximum Gasteiger partial charge on any atom is 0.314 e. The Kier molecular flexibility index (Phi) is 5.22. The molecule has 3 aliphatic heterocycles. The van der Waals surface area contributed by atoms with E-state index in [2.05, 4.69) is 6.58 Å². The smallest absolute Gasteiger partial charge is 0.314 e. The monoisotopic (exact) mass is 554 g/mol. The van der Waals surface area contributed by atoms with E-state index in [9.17, 15) is 24.9 Å². The number of fused-ring (bicyclic) bond motifs is 3. The van der Waals surface area contributed by atoms with Gasteiger partial charge in [0.2, 0.25) is 0 Å². The molecule has 3 N–H and O–H groups in total. The van der Waals surface area contributed by atoms with Crippen molar-refractivity contribution in [1.29, 1.82) is 0 Å². The van der Waals surface area contributed by atoms with Gasteiger partial charge >= 0.3 is 11.9 Å². The SMILES string of the molecule is C=C(C)[C@]12O[C@@]3(c4ccccc4)O[C@H]1[C@H]1[C@H]4O[C@]4(CO)[C@H](O)[C@@]4(O)C(=O)C(C)=C[C@@H]4[C@]1(O3)[C@@H](C)[C@@H]2OC(=O)CC. The molecule has 10 nitrogen and oxygen atoms in total. The van der Waals surface area contributed by atoms with Crippen LogP contribution in [0.4, 0.5) is 0 Å². The van der Waals surface area contributed by atoms with Gasteiger partial charge < -0.3 is 39.0 Å². The topological polar surface area (TPSA) is 144 Å². The van der Waals surface area contributed by atoms with Gasteiger partial charge in [0.05, 0.1) is 12.2 Å². The molecule has 3 bridgehead atoms. The lowest BCUT2D eigenvalue weighted by Crippen LogP contribution is -2.76. The highest BCUT2D eigenvalue weighted by molar-refractivity contribution is 6.05. The number of Topliss-reactive ketones (excluding diaryl/α,β-unsaturated/α-hetero) is 1. The zero-order valence-electron chi connectivity index (χ0n) is 22.8. The molecule has 0 radical (unpaired) electrons. The molecular formula is C30H34O10. The number of aliphatic hydroxyl groups is 3. The van der Waals surface area contributed by atoms with Crippen molar-refractivity contribution in [2.24, 2.45) is 17.8 Å². The first-order valence-electron chi connectivity index (χ1n) is 13.8. The molecule has 0 spiro atoms. The summed E-state index contributed by atoms with van der Waals surface area (Å²) < 4.78 is 32.8. The number of hydrogen-bond donors (Lipinski definition) is 3. The maximum atomic E-state index is 13.7. The Bertz CT molecular complexity index is 1360. The van der Waals surface area contributed by atoms with Crippen LogP contribution in [0, 0.1) is 17.8 Å². The Hall–Kier alpha value is -2.44. The first-order chi connectivity index (χ1) is 18.9. The van der Waals surface area contributed by atoms with Gasteiger partial charge in [-0.3, -0.25) is 9.59 Å². The Morgan fingerprint density at radius 3 is 2.48 bits per heavy atom. The molecule has 3 heterocycles. The molecule has 1 aromatic carbocycles. The van der Waals surface area contributed by atoms with Crippen molar-refractivity contribution in [3.63, 3.8) is 0 Å². The number of hydrogen-bond acceptors (Lipinski definition) is 10. The zero-order chi connectivity index (χ0) is 28.6. The van der Waals surface area contributed by atoms with E-state index in [-0.39, 0.29) is 12.0 Å². The first kappa shape index (κ1) is 26.5. The van der Waals surface area contributed by atoms with Crippen molar-refractivity contribution < 1.29 is 48.6 Å². The summed E-state index contributed by atoms with van der Waals surface area (Å²) in [6.45, 7) is 10.5. The summed E-state index contributed by atoms with van der Waals surface area (Å²) in [5.41, 5.74) is -5.64. The molecule has 0 aromatic heterocycles. The van der Waals surface area contributed by atoms with E-state index in [0.29, 0.717) is 11.1 Å². The third-order valence-corrected chi connectivity index (χ3v) is 10.4. The van der Waals surface area contributed by atoms with E-state index in [1.165, 1.54) is 0 Å². The number of carbonyl (C=O) groups is 2. The van der Waals surface area contributed by atoms with Crippen LogP contribution in [0.5, 0.6) is 0 Å². The highest BCUT2D eigenvalue weighted by atomic mass is 16.9. The third kappa shape index (κ3) is 2.65. The van der Waals surface area contributed by atoms with Crippen LogP contribution >= 0.6 is 0 Å². The van der Waals surface area contributed by atoms with Crippen molar-refractivity contribution in [2.75, 3.05) is 6.61 Å². The fraction of sp³-hybridized carbons (Fsp3) is 0.600. The highest BCUT2D eigenvalue weighted by Gasteiger charge is 2.90. The van der Waals surface area contributed by atoms with Crippen molar-refractivity contribution in [3.8, 4) is 0 Å². The van der Waals surface area contributed by atoms with Gasteiger partial charge in [-0.25, -0.2) is 0 Å². The second-order valence-corrected chi connectivity index (χ2v) is 12.2. The minimum Gasteiger partial charge on any atom is -0.458 e. The number of epoxide rings is 1. The second-order valence-electron chi connectivity index (χ2n) is 12.2. The van der Waals surface area contributed by atoms with E-state index in [0.717, 1.165) is 0 Å². The van der Waals surface area contributed by atoms with Crippen LogP contribution in [0.15, 0.2) is 54.1 Å². The van der Waals surface area contributed by atoms with Crippen LogP contribution in [0.25, 0.3) is 0 Å². The molecule has 3 aliphatic carbocycles. The normalized spacial score (nSPS) is 51.3. The Labute approximate surface area is 231 Å². The fourth-order valence-electron chi connectivity index (χ4n) is 8.53. The van der Waals surface area contributed by atoms with Crippen molar-refractivity contribution in [1.82, 2.24) is 0 Å². The predicted octanol–water partition coefficient (Wildman–Crippen LogP) is 1.26. The minimum atomic E-state index is -2.39. The second kappa shape index (κ2) is 7.89. The molecule has 3 saturated heterocycles. The van der Waals surface area contributed by atoms with E-state index in [1.807, 2.05) is 25.1 Å². The number of benzene rings is 1. The molecule has 40 heavy (non-hydrogen) atoms. The number of aliphatic hydroxyl groups excluding tert-OH is 2. The molecule has 10 heteroatoms. The summed E-state index contributed by atoms with van der Waals surface area (Å²) in [5, 5.41) is 34.5. The summed E-state index contributed by atoms with van der Waals surface area (Å²) in [7, 11) is 0. The standard InChI is InChI=1S/C30H34O10/c1-6-19(32)36-22-16(5)29-18-12-15(4)21(33)27(18,35)25(34)26(13-31)23(37-26)20(29)24-28(22,14(2)3)39-30(38-24,40-29)17-10-8-7-9-11-17/h7-12,16,18,20,22-25,31,34-35H,2,6,13H2,1,3-5H3/t16-,18-,20+,22-,23+,24-,25-,26-,27-,28+,29+,30+/m0/s1. The molecule has 7 rings (SSSR count). The van der Waals surface area contributed by atoms with E-state index < -0.39 is 88.9 Å². The molecule has 6 aliphatic rings. The van der Waals surface area contributed by atoms with Gasteiger partial charge in [-0.1, -0.05) is 56.8 Å². The number of ether oxygens (including phenoxy) is 5. The molecule has 12 atom stereocenters. The highest BCUT2D eigenvalue weighted by Crippen LogP contribution is 2.74. The van der Waals surface area contributed by atoms with Gasteiger partial charge in [-0.05, 0) is 25.0 Å².